The fourth-order valence-electron chi connectivity index (χ4n) is 1.02. The third-order valence-electron chi connectivity index (χ3n) is 1.69. The molecule has 0 amide bonds. The summed E-state index contributed by atoms with van der Waals surface area (Å²) in [7, 11) is 0. The zero-order chi connectivity index (χ0) is 13.3. The average Bonchev–Trinajstić information content (AvgIpc) is 2.29. The maximum Gasteiger partial charge on any atom is 0.345 e. The van der Waals surface area contributed by atoms with Gasteiger partial charge in [-0.3, -0.25) is 0 Å². The van der Waals surface area contributed by atoms with Crippen molar-refractivity contribution >= 4 is 35.1 Å². The summed E-state index contributed by atoms with van der Waals surface area (Å²) < 4.78 is 9.53. The van der Waals surface area contributed by atoms with Gasteiger partial charge in [-0.2, -0.15) is 0 Å². The normalized spacial score (nSPS) is 10.1. The minimum absolute atomic E-state index is 0.0455. The van der Waals surface area contributed by atoms with Crippen molar-refractivity contribution < 1.29 is 19.1 Å². The molecule has 0 heterocycles. The Labute approximate surface area is 110 Å². The lowest BCUT2D eigenvalue weighted by molar-refractivity contribution is -0.146. The lowest BCUT2D eigenvalue weighted by Crippen LogP contribution is -2.20. The van der Waals surface area contributed by atoms with E-state index in [-0.39, 0.29) is 30.2 Å². The molecule has 96 valence electrons. The summed E-state index contributed by atoms with van der Waals surface area (Å²) >= 11 is 11.1. The number of esters is 2. The number of carbonyl (C=O) groups excluding carboxylic acids is 2. The van der Waals surface area contributed by atoms with Crippen molar-refractivity contribution in [2.24, 2.45) is 0 Å². The number of ether oxygens (including phenoxy) is 2. The van der Waals surface area contributed by atoms with Gasteiger partial charge in [0.15, 0.2) is 0 Å². The fourth-order valence-corrected chi connectivity index (χ4v) is 1.40. The van der Waals surface area contributed by atoms with Gasteiger partial charge in [0.2, 0.25) is 0 Å². The highest BCUT2D eigenvalue weighted by atomic mass is 35.5. The van der Waals surface area contributed by atoms with Crippen LogP contribution >= 0.6 is 23.2 Å². The number of hydrogen-bond donors (Lipinski definition) is 0. The van der Waals surface area contributed by atoms with E-state index in [0.717, 1.165) is 5.54 Å². The Kier molecular flexibility index (Phi) is 8.54. The first-order chi connectivity index (χ1) is 8.12. The summed E-state index contributed by atoms with van der Waals surface area (Å²) in [6.07, 6.45) is 1.36. The van der Waals surface area contributed by atoms with Crippen LogP contribution in [0.3, 0.4) is 0 Å². The average molecular weight is 281 g/mol. The Bertz CT molecular complexity index is 314. The molecule has 0 aliphatic carbocycles. The van der Waals surface area contributed by atoms with E-state index in [1.807, 2.05) is 0 Å². The molecule has 0 aromatic carbocycles. The lowest BCUT2D eigenvalue weighted by Gasteiger charge is -2.09. The fraction of sp³-hybridized carbons (Fsp3) is 0.455. The van der Waals surface area contributed by atoms with Crippen molar-refractivity contribution in [1.29, 1.82) is 0 Å². The van der Waals surface area contributed by atoms with Gasteiger partial charge in [-0.05, 0) is 25.5 Å². The molecular formula is C11H14Cl2O4. The third kappa shape index (κ3) is 5.24. The Balaban J connectivity index is 5.34. The van der Waals surface area contributed by atoms with Gasteiger partial charge < -0.3 is 9.47 Å². The molecule has 0 N–H and O–H groups in total. The predicted molar refractivity (Wildman–Crippen MR) is 66.0 cm³/mol. The summed E-state index contributed by atoms with van der Waals surface area (Å²) in [4.78, 5) is 23.2. The highest BCUT2D eigenvalue weighted by molar-refractivity contribution is 6.26. The molecule has 0 spiro atoms. The van der Waals surface area contributed by atoms with Gasteiger partial charge in [0.1, 0.15) is 5.57 Å². The van der Waals surface area contributed by atoms with Gasteiger partial charge in [0.25, 0.3) is 0 Å². The van der Waals surface area contributed by atoms with Crippen molar-refractivity contribution in [2.45, 2.75) is 13.8 Å². The van der Waals surface area contributed by atoms with Gasteiger partial charge in [-0.15, -0.1) is 11.6 Å². The topological polar surface area (TPSA) is 52.6 Å². The first-order valence-corrected chi connectivity index (χ1v) is 5.99. The molecule has 0 aromatic heterocycles. The molecule has 0 saturated heterocycles. The maximum absolute atomic E-state index is 11.6. The summed E-state index contributed by atoms with van der Waals surface area (Å²) in [6, 6.07) is 0. The number of carbonyl (C=O) groups is 2. The largest absolute Gasteiger partial charge is 0.462 e. The van der Waals surface area contributed by atoms with Crippen LogP contribution in [0.25, 0.3) is 0 Å². The molecule has 0 aliphatic rings. The summed E-state index contributed by atoms with van der Waals surface area (Å²) in [5, 5.41) is 0. The van der Waals surface area contributed by atoms with Crippen molar-refractivity contribution in [1.82, 2.24) is 0 Å². The van der Waals surface area contributed by atoms with Crippen molar-refractivity contribution in [2.75, 3.05) is 19.1 Å². The molecule has 0 rings (SSSR count). The van der Waals surface area contributed by atoms with Crippen LogP contribution in [0.5, 0.6) is 0 Å². The summed E-state index contributed by atoms with van der Waals surface area (Å²) in [5.74, 6) is -1.58. The second-order valence-corrected chi connectivity index (χ2v) is 3.29. The monoisotopic (exact) mass is 280 g/mol. The molecule has 0 fully saturated rings. The Morgan fingerprint density at radius 1 is 1.12 bits per heavy atom. The van der Waals surface area contributed by atoms with Crippen LogP contribution in [0, 0.1) is 0 Å². The van der Waals surface area contributed by atoms with E-state index in [9.17, 15) is 9.59 Å². The Morgan fingerprint density at radius 3 is 1.88 bits per heavy atom. The summed E-state index contributed by atoms with van der Waals surface area (Å²) in [6.45, 7) is 3.58. The molecule has 17 heavy (non-hydrogen) atoms. The van der Waals surface area contributed by atoms with E-state index in [4.69, 9.17) is 32.7 Å². The van der Waals surface area contributed by atoms with Gasteiger partial charge in [-0.25, -0.2) is 9.59 Å². The quantitative estimate of drug-likeness (QED) is 0.187. The smallest absolute Gasteiger partial charge is 0.345 e. The minimum atomic E-state index is -0.767. The lowest BCUT2D eigenvalue weighted by atomic mass is 10.1. The Morgan fingerprint density at radius 2 is 1.59 bits per heavy atom. The second kappa shape index (κ2) is 9.07. The van der Waals surface area contributed by atoms with Crippen LogP contribution in [0.4, 0.5) is 0 Å². The minimum Gasteiger partial charge on any atom is -0.462 e. The van der Waals surface area contributed by atoms with Crippen molar-refractivity contribution in [3.8, 4) is 0 Å². The van der Waals surface area contributed by atoms with Crippen molar-refractivity contribution in [3.05, 3.63) is 22.8 Å². The first-order valence-electron chi connectivity index (χ1n) is 5.02. The maximum atomic E-state index is 11.6. The second-order valence-electron chi connectivity index (χ2n) is 2.77. The van der Waals surface area contributed by atoms with E-state index >= 15 is 0 Å². The molecule has 4 nitrogen and oxygen atoms in total. The van der Waals surface area contributed by atoms with Crippen LogP contribution in [-0.4, -0.2) is 31.0 Å². The van der Waals surface area contributed by atoms with E-state index in [2.05, 4.69) is 0 Å². The summed E-state index contributed by atoms with van der Waals surface area (Å²) in [5.41, 5.74) is 1.20. The van der Waals surface area contributed by atoms with Gasteiger partial charge >= 0.3 is 11.9 Å². The molecule has 6 heteroatoms. The van der Waals surface area contributed by atoms with Crippen LogP contribution in [0.1, 0.15) is 13.8 Å². The number of allylic oxidation sites excluding steroid dienone is 2. The molecule has 0 bridgehead atoms. The highest BCUT2D eigenvalue weighted by Gasteiger charge is 2.24. The molecular weight excluding hydrogens is 267 g/mol. The molecule has 0 aromatic rings. The van der Waals surface area contributed by atoms with E-state index in [0.29, 0.717) is 0 Å². The molecule has 0 saturated carbocycles. The van der Waals surface area contributed by atoms with Gasteiger partial charge in [0.05, 0.1) is 13.2 Å². The van der Waals surface area contributed by atoms with Crippen LogP contribution in [0.2, 0.25) is 0 Å². The van der Waals surface area contributed by atoms with Gasteiger partial charge in [-0.1, -0.05) is 11.6 Å². The molecule has 0 aliphatic heterocycles. The molecule has 0 unspecified atom stereocenters. The zero-order valence-electron chi connectivity index (χ0n) is 9.66. The standard InChI is InChI=1S/C11H14Cl2O4/c1-3-16-10(14)9(11(15)17-4-2)8(7-13)5-6-12/h5-6H,3-4,7H2,1-2H3/b6-5-. The van der Waals surface area contributed by atoms with E-state index in [1.165, 1.54) is 6.08 Å². The highest BCUT2D eigenvalue weighted by Crippen LogP contribution is 2.13. The van der Waals surface area contributed by atoms with E-state index in [1.54, 1.807) is 13.8 Å². The van der Waals surface area contributed by atoms with Gasteiger partial charge in [0, 0.05) is 11.4 Å². The van der Waals surface area contributed by atoms with Crippen LogP contribution in [-0.2, 0) is 19.1 Å². The SMILES string of the molecule is CCOC(=O)C(C(=O)OCC)=C(/C=C\Cl)CCl. The first kappa shape index (κ1) is 16.0. The number of halogens is 2. The number of rotatable bonds is 6. The third-order valence-corrected chi connectivity index (χ3v) is 2.10. The predicted octanol–water partition coefficient (Wildman–Crippen LogP) is 2.40. The number of hydrogen-bond acceptors (Lipinski definition) is 4. The zero-order valence-corrected chi connectivity index (χ0v) is 11.2. The van der Waals surface area contributed by atoms with E-state index < -0.39 is 11.9 Å². The van der Waals surface area contributed by atoms with Crippen molar-refractivity contribution in [3.63, 3.8) is 0 Å². The molecule has 0 radical (unpaired) electrons. The van der Waals surface area contributed by atoms with Crippen LogP contribution < -0.4 is 0 Å². The number of alkyl halides is 1. The van der Waals surface area contributed by atoms with Crippen LogP contribution in [0.15, 0.2) is 22.8 Å². The molecule has 0 atom stereocenters. The Hall–Kier alpha value is -1.000.